The molecule has 1 amide bonds. The molecule has 0 aliphatic heterocycles. The van der Waals surface area contributed by atoms with Gasteiger partial charge in [-0.1, -0.05) is 48.0 Å². The van der Waals surface area contributed by atoms with E-state index in [0.717, 1.165) is 5.56 Å². The van der Waals surface area contributed by atoms with Gasteiger partial charge in [-0.15, -0.1) is 0 Å². The molecule has 0 fully saturated rings. The van der Waals surface area contributed by atoms with Crippen LogP contribution in [0.1, 0.15) is 5.56 Å². The molecule has 0 radical (unpaired) electrons. The third-order valence-electron chi connectivity index (χ3n) is 5.06. The number of nitrogens with one attached hydrogen (secondary N) is 2. The van der Waals surface area contributed by atoms with Gasteiger partial charge in [0.2, 0.25) is 15.9 Å². The second-order valence-electron chi connectivity index (χ2n) is 7.42. The third-order valence-corrected chi connectivity index (χ3v) is 6.77. The Kier molecular flexibility index (Phi) is 6.37. The van der Waals surface area contributed by atoms with E-state index in [0.29, 0.717) is 16.2 Å². The monoisotopic (exact) mass is 485 g/mol. The van der Waals surface area contributed by atoms with E-state index in [2.05, 4.69) is 10.0 Å². The van der Waals surface area contributed by atoms with Gasteiger partial charge in [0.05, 0.1) is 10.4 Å². The van der Waals surface area contributed by atoms with Crippen molar-refractivity contribution in [2.75, 3.05) is 5.32 Å². The molecular weight excluding hydrogens is 466 g/mol. The second kappa shape index (κ2) is 9.22. The summed E-state index contributed by atoms with van der Waals surface area (Å²) in [6.07, 6.45) is 0.120. The summed E-state index contributed by atoms with van der Waals surface area (Å²) < 4.78 is 35.1. The molecule has 10 heteroatoms. The minimum atomic E-state index is -4.13. The average molecular weight is 486 g/mol. The largest absolute Gasteiger partial charge is 0.419 e. The summed E-state index contributed by atoms with van der Waals surface area (Å²) in [4.78, 5) is 24.7. The quantitative estimate of drug-likeness (QED) is 0.417. The van der Waals surface area contributed by atoms with E-state index in [1.807, 2.05) is 6.07 Å². The van der Waals surface area contributed by atoms with Crippen LogP contribution in [-0.2, 0) is 28.3 Å². The SMILES string of the molecule is Cn1c(=O)oc2cc(S(=O)(=O)N[C@@H](Cc3ccccc3)C(=O)Nc3cccc(Cl)c3)ccc21. The third kappa shape index (κ3) is 5.16. The molecule has 3 aromatic carbocycles. The first-order chi connectivity index (χ1) is 15.7. The smallest absolute Gasteiger partial charge is 0.408 e. The second-order valence-corrected chi connectivity index (χ2v) is 9.57. The first-order valence-electron chi connectivity index (χ1n) is 9.95. The highest BCUT2D eigenvalue weighted by Crippen LogP contribution is 2.20. The average Bonchev–Trinajstić information content (AvgIpc) is 3.07. The molecule has 0 saturated carbocycles. The summed E-state index contributed by atoms with van der Waals surface area (Å²) in [5.41, 5.74) is 1.81. The lowest BCUT2D eigenvalue weighted by Crippen LogP contribution is -2.45. The van der Waals surface area contributed by atoms with Crippen molar-refractivity contribution in [3.8, 4) is 0 Å². The van der Waals surface area contributed by atoms with Crippen LogP contribution in [0.25, 0.3) is 11.1 Å². The van der Waals surface area contributed by atoms with E-state index in [-0.39, 0.29) is 16.9 Å². The van der Waals surface area contributed by atoms with E-state index >= 15 is 0 Å². The Morgan fingerprint density at radius 3 is 2.55 bits per heavy atom. The van der Waals surface area contributed by atoms with Gasteiger partial charge in [-0.05, 0) is 42.3 Å². The minimum absolute atomic E-state index is 0.120. The minimum Gasteiger partial charge on any atom is -0.408 e. The van der Waals surface area contributed by atoms with Gasteiger partial charge in [0.25, 0.3) is 0 Å². The highest BCUT2D eigenvalue weighted by Gasteiger charge is 2.27. The maximum absolute atomic E-state index is 13.1. The van der Waals surface area contributed by atoms with E-state index in [1.54, 1.807) is 48.5 Å². The van der Waals surface area contributed by atoms with Crippen LogP contribution in [0.2, 0.25) is 5.02 Å². The summed E-state index contributed by atoms with van der Waals surface area (Å²) in [6.45, 7) is 0. The van der Waals surface area contributed by atoms with Crippen molar-refractivity contribution in [1.82, 2.24) is 9.29 Å². The van der Waals surface area contributed by atoms with Gasteiger partial charge in [0.1, 0.15) is 6.04 Å². The van der Waals surface area contributed by atoms with Crippen molar-refractivity contribution in [3.05, 3.63) is 93.9 Å². The number of aromatic nitrogens is 1. The predicted octanol–water partition coefficient (Wildman–Crippen LogP) is 3.31. The fourth-order valence-electron chi connectivity index (χ4n) is 3.37. The summed E-state index contributed by atoms with van der Waals surface area (Å²) in [6, 6.07) is 18.6. The molecule has 2 N–H and O–H groups in total. The van der Waals surface area contributed by atoms with Crippen LogP contribution in [0, 0.1) is 0 Å². The van der Waals surface area contributed by atoms with Gasteiger partial charge >= 0.3 is 5.76 Å². The Hall–Kier alpha value is -3.40. The van der Waals surface area contributed by atoms with Gasteiger partial charge in [0, 0.05) is 23.8 Å². The van der Waals surface area contributed by atoms with Crippen molar-refractivity contribution in [2.24, 2.45) is 7.05 Å². The van der Waals surface area contributed by atoms with Crippen molar-refractivity contribution in [3.63, 3.8) is 0 Å². The van der Waals surface area contributed by atoms with Crippen LogP contribution < -0.4 is 15.8 Å². The number of aryl methyl sites for hydroxylation is 1. The summed E-state index contributed by atoms with van der Waals surface area (Å²) in [7, 11) is -2.60. The van der Waals surface area contributed by atoms with Crippen LogP contribution in [0.5, 0.6) is 0 Å². The Bertz CT molecular complexity index is 1480. The fourth-order valence-corrected chi connectivity index (χ4v) is 4.77. The number of halogens is 1. The van der Waals surface area contributed by atoms with Crippen molar-refractivity contribution < 1.29 is 17.6 Å². The van der Waals surface area contributed by atoms with Crippen LogP contribution in [-0.4, -0.2) is 24.9 Å². The lowest BCUT2D eigenvalue weighted by atomic mass is 10.1. The molecule has 170 valence electrons. The summed E-state index contributed by atoms with van der Waals surface area (Å²) >= 11 is 5.99. The zero-order valence-electron chi connectivity index (χ0n) is 17.5. The van der Waals surface area contributed by atoms with Crippen LogP contribution in [0.15, 0.2) is 86.9 Å². The summed E-state index contributed by atoms with van der Waals surface area (Å²) in [5.74, 6) is -1.15. The van der Waals surface area contributed by atoms with Gasteiger partial charge in [-0.2, -0.15) is 4.72 Å². The molecule has 33 heavy (non-hydrogen) atoms. The topological polar surface area (TPSA) is 110 Å². The van der Waals surface area contributed by atoms with E-state index in [9.17, 15) is 18.0 Å². The Morgan fingerprint density at radius 1 is 1.06 bits per heavy atom. The zero-order chi connectivity index (χ0) is 23.6. The first kappa shape index (κ1) is 22.8. The fraction of sp³-hybridized carbons (Fsp3) is 0.130. The molecule has 0 aliphatic rings. The van der Waals surface area contributed by atoms with Gasteiger partial charge in [0.15, 0.2) is 5.58 Å². The molecule has 0 bridgehead atoms. The molecule has 8 nitrogen and oxygen atoms in total. The highest BCUT2D eigenvalue weighted by atomic mass is 35.5. The molecule has 0 spiro atoms. The standard InChI is InChI=1S/C23H20ClN3O5S/c1-27-20-11-10-18(14-21(20)32-23(27)29)33(30,31)26-19(12-15-6-3-2-4-7-15)22(28)25-17-9-5-8-16(24)13-17/h2-11,13-14,19,26H,12H2,1H3,(H,25,28)/t19-/m0/s1. The molecule has 0 aliphatic carbocycles. The molecule has 0 unspecified atom stereocenters. The lowest BCUT2D eigenvalue weighted by Gasteiger charge is -2.19. The maximum Gasteiger partial charge on any atom is 0.419 e. The highest BCUT2D eigenvalue weighted by molar-refractivity contribution is 7.89. The number of fused-ring (bicyclic) bond motifs is 1. The Morgan fingerprint density at radius 2 is 1.82 bits per heavy atom. The number of rotatable bonds is 7. The van der Waals surface area contributed by atoms with Crippen LogP contribution >= 0.6 is 11.6 Å². The van der Waals surface area contributed by atoms with Crippen LogP contribution in [0.4, 0.5) is 5.69 Å². The number of hydrogen-bond acceptors (Lipinski definition) is 5. The molecular formula is C23H20ClN3O5S. The Labute approximate surface area is 194 Å². The van der Waals surface area contributed by atoms with Gasteiger partial charge in [-0.3, -0.25) is 9.36 Å². The number of anilines is 1. The lowest BCUT2D eigenvalue weighted by molar-refractivity contribution is -0.117. The van der Waals surface area contributed by atoms with E-state index in [4.69, 9.17) is 16.0 Å². The summed E-state index contributed by atoms with van der Waals surface area (Å²) in [5, 5.41) is 3.14. The molecule has 4 aromatic rings. The molecule has 0 saturated heterocycles. The molecule has 1 aromatic heterocycles. The number of benzene rings is 3. The molecule has 4 rings (SSSR count). The predicted molar refractivity (Wildman–Crippen MR) is 126 cm³/mol. The number of nitrogens with zero attached hydrogens (tertiary/aromatic N) is 1. The number of amides is 1. The number of sulfonamides is 1. The Balaban J connectivity index is 1.64. The van der Waals surface area contributed by atoms with Gasteiger partial charge in [-0.25, -0.2) is 13.2 Å². The normalized spacial score (nSPS) is 12.5. The maximum atomic E-state index is 13.1. The number of carbonyl (C=O) groups is 1. The number of hydrogen-bond donors (Lipinski definition) is 2. The van der Waals surface area contributed by atoms with E-state index in [1.165, 1.54) is 29.8 Å². The van der Waals surface area contributed by atoms with Crippen molar-refractivity contribution >= 4 is 44.3 Å². The van der Waals surface area contributed by atoms with Crippen LogP contribution in [0.3, 0.4) is 0 Å². The number of oxazole rings is 1. The van der Waals surface area contributed by atoms with Gasteiger partial charge < -0.3 is 9.73 Å². The van der Waals surface area contributed by atoms with Crippen molar-refractivity contribution in [1.29, 1.82) is 0 Å². The number of carbonyl (C=O) groups excluding carboxylic acids is 1. The molecule has 1 atom stereocenters. The first-order valence-corrected chi connectivity index (χ1v) is 11.8. The zero-order valence-corrected chi connectivity index (χ0v) is 19.1. The van der Waals surface area contributed by atoms with E-state index < -0.39 is 27.7 Å². The molecule has 1 heterocycles. The van der Waals surface area contributed by atoms with Crippen molar-refractivity contribution in [2.45, 2.75) is 17.4 Å².